The van der Waals surface area contributed by atoms with Gasteiger partial charge in [-0.15, -0.1) is 11.8 Å². The topological polar surface area (TPSA) is 81.4 Å². The van der Waals surface area contributed by atoms with Crippen LogP contribution in [0.15, 0.2) is 39.8 Å². The number of oxazole rings is 1. The number of anilines is 1. The minimum Gasteiger partial charge on any atom is -0.451 e. The van der Waals surface area contributed by atoms with Gasteiger partial charge in [0.15, 0.2) is 18.2 Å². The molecule has 1 aromatic carbocycles. The van der Waals surface area contributed by atoms with Crippen molar-refractivity contribution in [2.75, 3.05) is 18.2 Å². The Hall–Kier alpha value is -2.28. The van der Waals surface area contributed by atoms with E-state index in [2.05, 4.69) is 10.3 Å². The molecule has 0 aliphatic heterocycles. The molecule has 0 atom stereocenters. The van der Waals surface area contributed by atoms with Crippen molar-refractivity contribution in [2.45, 2.75) is 24.2 Å². The molecule has 1 fully saturated rings. The molecule has 0 bridgehead atoms. The predicted molar refractivity (Wildman–Crippen MR) is 90.1 cm³/mol. The van der Waals surface area contributed by atoms with Gasteiger partial charge in [0, 0.05) is 17.0 Å². The molecular formula is C17H18N2O4S. The molecule has 1 heterocycles. The highest BCUT2D eigenvalue weighted by atomic mass is 32.2. The Morgan fingerprint density at radius 3 is 3.00 bits per heavy atom. The van der Waals surface area contributed by atoms with Crippen molar-refractivity contribution >= 4 is 29.3 Å². The lowest BCUT2D eigenvalue weighted by Crippen LogP contribution is -2.21. The number of nitrogens with one attached hydrogen (secondary N) is 1. The van der Waals surface area contributed by atoms with Crippen molar-refractivity contribution in [3.05, 3.63) is 42.1 Å². The first-order valence-electron chi connectivity index (χ1n) is 7.69. The molecule has 1 N–H and O–H groups in total. The summed E-state index contributed by atoms with van der Waals surface area (Å²) in [5.41, 5.74) is 0.763. The lowest BCUT2D eigenvalue weighted by molar-refractivity contribution is -0.119. The number of carbonyl (C=O) groups is 2. The number of ether oxygens (including phenoxy) is 1. The SMILES string of the molecule is CSc1cccc(NC(=O)COC(=O)c2coc(CC3CC3)n2)c1. The monoisotopic (exact) mass is 346 g/mol. The maximum Gasteiger partial charge on any atom is 0.360 e. The maximum absolute atomic E-state index is 11.9. The van der Waals surface area contributed by atoms with Crippen LogP contribution in [0.5, 0.6) is 0 Å². The molecule has 3 rings (SSSR count). The Bertz CT molecular complexity index is 740. The molecule has 1 aliphatic rings. The number of hydrogen-bond donors (Lipinski definition) is 1. The van der Waals surface area contributed by atoms with E-state index in [4.69, 9.17) is 9.15 Å². The molecular weight excluding hydrogens is 328 g/mol. The van der Waals surface area contributed by atoms with Crippen molar-refractivity contribution in [3.8, 4) is 0 Å². The first-order chi connectivity index (χ1) is 11.6. The normalized spacial score (nSPS) is 13.5. The van der Waals surface area contributed by atoms with Crippen molar-refractivity contribution < 1.29 is 18.7 Å². The van der Waals surface area contributed by atoms with Crippen LogP contribution in [-0.2, 0) is 16.0 Å². The van der Waals surface area contributed by atoms with E-state index in [-0.39, 0.29) is 12.3 Å². The molecule has 1 saturated carbocycles. The van der Waals surface area contributed by atoms with Gasteiger partial charge in [-0.2, -0.15) is 0 Å². The predicted octanol–water partition coefficient (Wildman–Crippen LogP) is 3.14. The van der Waals surface area contributed by atoms with Gasteiger partial charge in [0.2, 0.25) is 0 Å². The highest BCUT2D eigenvalue weighted by Crippen LogP contribution is 2.32. The van der Waals surface area contributed by atoms with Crippen molar-refractivity contribution in [3.63, 3.8) is 0 Å². The van der Waals surface area contributed by atoms with Crippen LogP contribution >= 0.6 is 11.8 Å². The van der Waals surface area contributed by atoms with Crippen LogP contribution < -0.4 is 5.32 Å². The lowest BCUT2D eigenvalue weighted by Gasteiger charge is -2.06. The van der Waals surface area contributed by atoms with E-state index >= 15 is 0 Å². The molecule has 1 aliphatic carbocycles. The van der Waals surface area contributed by atoms with Gasteiger partial charge in [-0.1, -0.05) is 6.07 Å². The van der Waals surface area contributed by atoms with Crippen LogP contribution in [0.1, 0.15) is 29.2 Å². The van der Waals surface area contributed by atoms with Gasteiger partial charge < -0.3 is 14.5 Å². The Balaban J connectivity index is 1.47. The third-order valence-electron chi connectivity index (χ3n) is 3.61. The van der Waals surface area contributed by atoms with Crippen LogP contribution in [0, 0.1) is 5.92 Å². The van der Waals surface area contributed by atoms with Crippen LogP contribution in [0.3, 0.4) is 0 Å². The van der Waals surface area contributed by atoms with E-state index in [9.17, 15) is 9.59 Å². The van der Waals surface area contributed by atoms with Crippen molar-refractivity contribution in [2.24, 2.45) is 5.92 Å². The molecule has 7 heteroatoms. The number of benzene rings is 1. The first-order valence-corrected chi connectivity index (χ1v) is 8.92. The van der Waals surface area contributed by atoms with Gasteiger partial charge >= 0.3 is 5.97 Å². The van der Waals surface area contributed by atoms with Gasteiger partial charge in [-0.25, -0.2) is 9.78 Å². The number of aromatic nitrogens is 1. The second-order valence-corrected chi connectivity index (χ2v) is 6.51. The molecule has 0 spiro atoms. The van der Waals surface area contributed by atoms with E-state index < -0.39 is 11.9 Å². The zero-order valence-corrected chi connectivity index (χ0v) is 14.1. The third kappa shape index (κ3) is 4.61. The maximum atomic E-state index is 11.9. The van der Waals surface area contributed by atoms with E-state index in [1.807, 2.05) is 24.5 Å². The minimum absolute atomic E-state index is 0.0998. The Labute approximate surface area is 144 Å². The average Bonchev–Trinajstić information content (AvgIpc) is 3.27. The van der Waals surface area contributed by atoms with Crippen LogP contribution in [0.4, 0.5) is 5.69 Å². The standard InChI is InChI=1S/C17H18N2O4S/c1-24-13-4-2-3-12(8-13)18-15(20)10-23-17(21)14-9-22-16(19-14)7-11-5-6-11/h2-4,8-9,11H,5-7,10H2,1H3,(H,18,20). The van der Waals surface area contributed by atoms with Crippen LogP contribution in [0.2, 0.25) is 0 Å². The molecule has 24 heavy (non-hydrogen) atoms. The summed E-state index contributed by atoms with van der Waals surface area (Å²) in [7, 11) is 0. The number of amides is 1. The number of thioether (sulfide) groups is 1. The van der Waals surface area contributed by atoms with Gasteiger partial charge in [0.25, 0.3) is 5.91 Å². The van der Waals surface area contributed by atoms with E-state index in [0.717, 1.165) is 11.3 Å². The second-order valence-electron chi connectivity index (χ2n) is 5.63. The minimum atomic E-state index is -0.659. The van der Waals surface area contributed by atoms with Gasteiger partial charge in [-0.3, -0.25) is 4.79 Å². The summed E-state index contributed by atoms with van der Waals surface area (Å²) in [6, 6.07) is 7.43. The molecule has 2 aromatic rings. The third-order valence-corrected chi connectivity index (χ3v) is 4.33. The molecule has 0 radical (unpaired) electrons. The van der Waals surface area contributed by atoms with Gasteiger partial charge in [-0.05, 0) is 43.2 Å². The first kappa shape index (κ1) is 16.6. The van der Waals surface area contributed by atoms with Crippen LogP contribution in [-0.4, -0.2) is 29.7 Å². The smallest absolute Gasteiger partial charge is 0.360 e. The summed E-state index contributed by atoms with van der Waals surface area (Å²) >= 11 is 1.58. The average molecular weight is 346 g/mol. The number of esters is 1. The lowest BCUT2D eigenvalue weighted by atomic mass is 10.3. The second kappa shape index (κ2) is 7.53. The molecule has 1 amide bonds. The highest BCUT2D eigenvalue weighted by Gasteiger charge is 2.25. The zero-order valence-electron chi connectivity index (χ0n) is 13.3. The van der Waals surface area contributed by atoms with Gasteiger partial charge in [0.05, 0.1) is 0 Å². The molecule has 0 saturated heterocycles. The van der Waals surface area contributed by atoms with E-state index in [1.165, 1.54) is 19.1 Å². The Morgan fingerprint density at radius 1 is 1.42 bits per heavy atom. The fraction of sp³-hybridized carbons (Fsp3) is 0.353. The number of nitrogens with zero attached hydrogens (tertiary/aromatic N) is 1. The Kier molecular flexibility index (Phi) is 5.20. The quantitative estimate of drug-likeness (QED) is 0.613. The van der Waals surface area contributed by atoms with E-state index in [1.54, 1.807) is 17.8 Å². The number of rotatable bonds is 7. The molecule has 126 valence electrons. The molecule has 1 aromatic heterocycles. The van der Waals surface area contributed by atoms with Gasteiger partial charge in [0.1, 0.15) is 6.26 Å². The van der Waals surface area contributed by atoms with Crippen LogP contribution in [0.25, 0.3) is 0 Å². The summed E-state index contributed by atoms with van der Waals surface area (Å²) in [5.74, 6) is 0.107. The summed E-state index contributed by atoms with van der Waals surface area (Å²) in [5, 5.41) is 2.69. The zero-order chi connectivity index (χ0) is 16.9. The summed E-state index contributed by atoms with van der Waals surface area (Å²) in [4.78, 5) is 28.9. The fourth-order valence-corrected chi connectivity index (χ4v) is 2.63. The summed E-state index contributed by atoms with van der Waals surface area (Å²) < 4.78 is 10.2. The largest absolute Gasteiger partial charge is 0.451 e. The highest BCUT2D eigenvalue weighted by molar-refractivity contribution is 7.98. The molecule has 0 unspecified atom stereocenters. The van der Waals surface area contributed by atoms with E-state index in [0.29, 0.717) is 17.5 Å². The number of hydrogen-bond acceptors (Lipinski definition) is 6. The fourth-order valence-electron chi connectivity index (χ4n) is 2.17. The summed E-state index contributed by atoms with van der Waals surface area (Å²) in [6.07, 6.45) is 6.34. The Morgan fingerprint density at radius 2 is 2.25 bits per heavy atom. The number of carbonyl (C=O) groups excluding carboxylic acids is 2. The summed E-state index contributed by atoms with van der Waals surface area (Å²) in [6.45, 7) is -0.368. The van der Waals surface area contributed by atoms with Crippen molar-refractivity contribution in [1.29, 1.82) is 0 Å². The van der Waals surface area contributed by atoms with Crippen molar-refractivity contribution in [1.82, 2.24) is 4.98 Å². The molecule has 6 nitrogen and oxygen atoms in total.